The lowest BCUT2D eigenvalue weighted by atomic mass is 9.78. The maximum absolute atomic E-state index is 14.8. The van der Waals surface area contributed by atoms with Crippen molar-refractivity contribution in [3.63, 3.8) is 0 Å². The van der Waals surface area contributed by atoms with E-state index in [1.54, 1.807) is 13.3 Å². The molecule has 0 aliphatic heterocycles. The van der Waals surface area contributed by atoms with Gasteiger partial charge in [0, 0.05) is 11.0 Å². The first-order valence-corrected chi connectivity index (χ1v) is 11.5. The highest BCUT2D eigenvalue weighted by Gasteiger charge is 2.32. The summed E-state index contributed by atoms with van der Waals surface area (Å²) in [6, 6.07) is 22.0. The molecule has 5 rings (SSSR count). The molecule has 0 amide bonds. The lowest BCUT2D eigenvalue weighted by Gasteiger charge is -2.29. The van der Waals surface area contributed by atoms with E-state index in [0.717, 1.165) is 39.0 Å². The number of alkyl halides is 1. The van der Waals surface area contributed by atoms with Gasteiger partial charge in [-0.15, -0.1) is 5.10 Å². The Kier molecular flexibility index (Phi) is 5.31. The Balaban J connectivity index is 1.82. The van der Waals surface area contributed by atoms with Crippen molar-refractivity contribution in [3.05, 3.63) is 89.7 Å². The lowest BCUT2D eigenvalue weighted by Crippen LogP contribution is -2.28. The molecular formula is C28H28FN5. The van der Waals surface area contributed by atoms with Gasteiger partial charge in [-0.2, -0.15) is 4.98 Å². The molecule has 0 radical (unpaired) electrons. The van der Waals surface area contributed by atoms with Crippen LogP contribution in [0, 0.1) is 13.8 Å². The predicted molar refractivity (Wildman–Crippen MR) is 134 cm³/mol. The molecule has 0 spiro atoms. The minimum absolute atomic E-state index is 0.521. The van der Waals surface area contributed by atoms with Crippen LogP contribution < -0.4 is 0 Å². The normalized spacial score (nSPS) is 12.9. The second-order valence-corrected chi connectivity index (χ2v) is 9.37. The van der Waals surface area contributed by atoms with E-state index < -0.39 is 11.6 Å². The zero-order valence-corrected chi connectivity index (χ0v) is 20.1. The van der Waals surface area contributed by atoms with Crippen LogP contribution in [0.15, 0.2) is 73.1 Å². The van der Waals surface area contributed by atoms with Gasteiger partial charge in [0.15, 0.2) is 5.82 Å². The van der Waals surface area contributed by atoms with Crippen LogP contribution in [0.1, 0.15) is 37.5 Å². The first-order valence-electron chi connectivity index (χ1n) is 11.5. The Hall–Kier alpha value is -3.80. The third-order valence-electron chi connectivity index (χ3n) is 6.77. The quantitative estimate of drug-likeness (QED) is 0.304. The summed E-state index contributed by atoms with van der Waals surface area (Å²) in [5, 5.41) is 4.97. The molecule has 0 aliphatic carbocycles. The zero-order chi connectivity index (χ0) is 24.0. The Labute approximate surface area is 198 Å². The molecule has 34 heavy (non-hydrogen) atoms. The van der Waals surface area contributed by atoms with E-state index in [4.69, 9.17) is 10.1 Å². The van der Waals surface area contributed by atoms with Gasteiger partial charge in [0.1, 0.15) is 12.5 Å². The zero-order valence-electron chi connectivity index (χ0n) is 20.1. The maximum Gasteiger partial charge on any atom is 0.255 e. The Morgan fingerprint density at radius 1 is 0.882 bits per heavy atom. The van der Waals surface area contributed by atoms with Gasteiger partial charge in [0.05, 0.1) is 16.7 Å². The summed E-state index contributed by atoms with van der Waals surface area (Å²) in [7, 11) is 0. The minimum Gasteiger partial charge on any atom is -0.266 e. The molecule has 6 heteroatoms. The number of benzene rings is 3. The lowest BCUT2D eigenvalue weighted by molar-refractivity contribution is 0.237. The number of fused-ring (bicyclic) bond motifs is 1. The highest BCUT2D eigenvalue weighted by molar-refractivity contribution is 5.77. The van der Waals surface area contributed by atoms with Gasteiger partial charge < -0.3 is 0 Å². The SMILES string of the molecule is Cc1cccc(C)c1-n1nc(-n2cnc3ccccc32)nc1-c1ccccc1C(C)(C)[C@@H](C)F. The number of para-hydroxylation sites is 3. The molecule has 1 atom stereocenters. The third kappa shape index (κ3) is 3.50. The van der Waals surface area contributed by atoms with Gasteiger partial charge >= 0.3 is 0 Å². The summed E-state index contributed by atoms with van der Waals surface area (Å²) >= 11 is 0. The number of aryl methyl sites for hydroxylation is 2. The van der Waals surface area contributed by atoms with Crippen molar-refractivity contribution in [1.29, 1.82) is 0 Å². The van der Waals surface area contributed by atoms with Crippen LogP contribution in [0.25, 0.3) is 34.1 Å². The highest BCUT2D eigenvalue weighted by Crippen LogP contribution is 2.37. The monoisotopic (exact) mass is 453 g/mol. The average Bonchev–Trinajstić information content (AvgIpc) is 3.43. The molecule has 0 saturated carbocycles. The first kappa shape index (κ1) is 22.0. The standard InChI is InChI=1S/C28H28FN5/c1-18-11-10-12-19(2)25(18)34-26(21-13-6-7-14-22(21)28(4,5)20(3)29)31-27(32-34)33-17-30-23-15-8-9-16-24(23)33/h6-17,20H,1-5H3/t20-/m1/s1. The summed E-state index contributed by atoms with van der Waals surface area (Å²) in [5.41, 5.74) is 6.01. The van der Waals surface area contributed by atoms with Crippen LogP contribution in [0.2, 0.25) is 0 Å². The van der Waals surface area contributed by atoms with Crippen molar-refractivity contribution < 1.29 is 4.39 Å². The summed E-state index contributed by atoms with van der Waals surface area (Å²) in [6.45, 7) is 9.61. The Morgan fingerprint density at radius 3 is 2.29 bits per heavy atom. The molecule has 0 N–H and O–H groups in total. The van der Waals surface area contributed by atoms with Gasteiger partial charge in [-0.25, -0.2) is 14.1 Å². The fraction of sp³-hybridized carbons (Fsp3) is 0.250. The van der Waals surface area contributed by atoms with E-state index in [9.17, 15) is 4.39 Å². The van der Waals surface area contributed by atoms with Crippen LogP contribution >= 0.6 is 0 Å². The summed E-state index contributed by atoms with van der Waals surface area (Å²) in [5.74, 6) is 1.20. The van der Waals surface area contributed by atoms with E-state index in [1.165, 1.54) is 0 Å². The van der Waals surface area contributed by atoms with Crippen LogP contribution in [-0.4, -0.2) is 30.5 Å². The molecule has 2 aromatic heterocycles. The number of halogens is 1. The van der Waals surface area contributed by atoms with Crippen molar-refractivity contribution in [2.75, 3.05) is 0 Å². The Bertz CT molecular complexity index is 1470. The van der Waals surface area contributed by atoms with Gasteiger partial charge in [0.2, 0.25) is 0 Å². The molecule has 5 nitrogen and oxygen atoms in total. The number of hydrogen-bond acceptors (Lipinski definition) is 3. The van der Waals surface area contributed by atoms with Gasteiger partial charge in [0.25, 0.3) is 5.95 Å². The van der Waals surface area contributed by atoms with E-state index in [2.05, 4.69) is 31.0 Å². The second-order valence-electron chi connectivity index (χ2n) is 9.37. The molecule has 0 fully saturated rings. The van der Waals surface area contributed by atoms with Crippen molar-refractivity contribution in [2.24, 2.45) is 0 Å². The number of aromatic nitrogens is 5. The van der Waals surface area contributed by atoms with Crippen LogP contribution in [0.4, 0.5) is 4.39 Å². The van der Waals surface area contributed by atoms with E-state index >= 15 is 0 Å². The molecule has 172 valence electrons. The minimum atomic E-state index is -1.04. The van der Waals surface area contributed by atoms with Crippen molar-refractivity contribution in [2.45, 2.75) is 46.2 Å². The second kappa shape index (κ2) is 8.20. The summed E-state index contributed by atoms with van der Waals surface area (Å²) < 4.78 is 18.6. The molecule has 0 aliphatic rings. The van der Waals surface area contributed by atoms with Crippen molar-refractivity contribution >= 4 is 11.0 Å². The highest BCUT2D eigenvalue weighted by atomic mass is 19.1. The van der Waals surface area contributed by atoms with Crippen molar-refractivity contribution in [1.82, 2.24) is 24.3 Å². The average molecular weight is 454 g/mol. The number of nitrogens with zero attached hydrogens (tertiary/aromatic N) is 5. The Morgan fingerprint density at radius 2 is 1.56 bits per heavy atom. The molecule has 2 heterocycles. The smallest absolute Gasteiger partial charge is 0.255 e. The van der Waals surface area contributed by atoms with Gasteiger partial charge in [-0.05, 0) is 49.6 Å². The molecule has 0 bridgehead atoms. The first-order chi connectivity index (χ1) is 16.3. The third-order valence-corrected chi connectivity index (χ3v) is 6.77. The van der Waals surface area contributed by atoms with E-state index in [0.29, 0.717) is 11.8 Å². The van der Waals surface area contributed by atoms with E-state index in [-0.39, 0.29) is 0 Å². The van der Waals surface area contributed by atoms with Crippen LogP contribution in [0.5, 0.6) is 0 Å². The maximum atomic E-state index is 14.8. The molecule has 0 unspecified atom stereocenters. The summed E-state index contributed by atoms with van der Waals surface area (Å²) in [6.07, 6.45) is 0.709. The molecule has 5 aromatic rings. The number of hydrogen-bond donors (Lipinski definition) is 0. The van der Waals surface area contributed by atoms with Crippen LogP contribution in [-0.2, 0) is 5.41 Å². The van der Waals surface area contributed by atoms with Gasteiger partial charge in [-0.1, -0.05) is 68.4 Å². The number of rotatable bonds is 5. The van der Waals surface area contributed by atoms with Crippen molar-refractivity contribution in [3.8, 4) is 23.0 Å². The molecular weight excluding hydrogens is 425 g/mol. The van der Waals surface area contributed by atoms with E-state index in [1.807, 2.05) is 77.7 Å². The number of imidazole rings is 1. The molecule has 3 aromatic carbocycles. The van der Waals surface area contributed by atoms with Crippen LogP contribution in [0.3, 0.4) is 0 Å². The fourth-order valence-corrected chi connectivity index (χ4v) is 4.45. The predicted octanol–water partition coefficient (Wildman–Crippen LogP) is 6.53. The molecule has 0 saturated heterocycles. The van der Waals surface area contributed by atoms with Gasteiger partial charge in [-0.3, -0.25) is 4.57 Å². The topological polar surface area (TPSA) is 48.5 Å². The fourth-order valence-electron chi connectivity index (χ4n) is 4.45. The summed E-state index contributed by atoms with van der Waals surface area (Å²) in [4.78, 5) is 9.54. The largest absolute Gasteiger partial charge is 0.266 e.